The average Bonchev–Trinajstić information content (AvgIpc) is 2.35. The molecule has 0 N–H and O–H groups in total. The van der Waals surface area contributed by atoms with E-state index in [9.17, 15) is 0 Å². The van der Waals surface area contributed by atoms with E-state index in [-0.39, 0.29) is 5.60 Å². The van der Waals surface area contributed by atoms with Gasteiger partial charge in [0.15, 0.2) is 12.4 Å². The van der Waals surface area contributed by atoms with E-state index in [1.807, 2.05) is 0 Å². The molecule has 1 saturated carbocycles. The lowest BCUT2D eigenvalue weighted by Gasteiger charge is -2.38. The highest BCUT2D eigenvalue weighted by Crippen LogP contribution is 2.30. The van der Waals surface area contributed by atoms with Gasteiger partial charge in [0.2, 0.25) is 0 Å². The Morgan fingerprint density at radius 2 is 1.61 bits per heavy atom. The summed E-state index contributed by atoms with van der Waals surface area (Å²) in [7, 11) is 0. The van der Waals surface area contributed by atoms with Crippen molar-refractivity contribution in [1.82, 2.24) is 0 Å². The molecule has 0 saturated heterocycles. The summed E-state index contributed by atoms with van der Waals surface area (Å²) in [6, 6.07) is 4.16. The lowest BCUT2D eigenvalue weighted by atomic mass is 9.90. The van der Waals surface area contributed by atoms with Crippen molar-refractivity contribution in [3.8, 4) is 5.75 Å². The van der Waals surface area contributed by atoms with Gasteiger partial charge in [-0.05, 0) is 32.6 Å². The average molecular weight is 320 g/mol. The van der Waals surface area contributed by atoms with Crippen LogP contribution in [0.5, 0.6) is 5.75 Å². The van der Waals surface area contributed by atoms with E-state index >= 15 is 0 Å². The summed E-state index contributed by atoms with van der Waals surface area (Å²) in [5.74, 6) is 0.969. The highest BCUT2D eigenvalue weighted by Gasteiger charge is 2.34. The fourth-order valence-electron chi connectivity index (χ4n) is 2.87. The lowest BCUT2D eigenvalue weighted by Crippen LogP contribution is -2.43. The Balaban J connectivity index is 1.70. The van der Waals surface area contributed by atoms with Gasteiger partial charge in [0.1, 0.15) is 18.4 Å². The van der Waals surface area contributed by atoms with Gasteiger partial charge >= 0.3 is 0 Å². The van der Waals surface area contributed by atoms with Gasteiger partial charge in [0, 0.05) is 31.4 Å². The maximum Gasteiger partial charge on any atom is 0.172 e. The molecule has 1 fully saturated rings. The van der Waals surface area contributed by atoms with Gasteiger partial charge in [-0.15, -0.1) is 0 Å². The summed E-state index contributed by atoms with van der Waals surface area (Å²) in [5.41, 5.74) is 0.362. The minimum absolute atomic E-state index is 0.0546. The Bertz CT molecular complexity index is 476. The number of hydrogen-bond acceptors (Lipinski definition) is 2. The normalized spacial score (nSPS) is 21.8. The standard InChI is InChI=1S/C20H34NO2/c1-19(2,3)10-7-11-21-12-8-16(9-13-21)22-17-14-18(15-17)23-20(4,5)6/h8-9,12-13,17-18H,7,10-11,14-15H2,1-6H3/q+1. The summed E-state index contributed by atoms with van der Waals surface area (Å²) in [6.07, 6.45) is 9.36. The topological polar surface area (TPSA) is 22.3 Å². The number of ether oxygens (including phenoxy) is 2. The Morgan fingerprint density at radius 1 is 1.00 bits per heavy atom. The number of hydrogen-bond donors (Lipinski definition) is 0. The van der Waals surface area contributed by atoms with Gasteiger partial charge in [-0.25, -0.2) is 4.57 Å². The predicted molar refractivity (Wildman–Crippen MR) is 93.6 cm³/mol. The SMILES string of the molecule is CC(C)(C)CCC[n+]1ccc(OC2CC(OC(C)(C)C)C2)cc1. The second kappa shape index (κ2) is 7.21. The largest absolute Gasteiger partial charge is 0.490 e. The number of aryl methyl sites for hydroxylation is 1. The number of rotatable bonds is 6. The van der Waals surface area contributed by atoms with E-state index in [1.54, 1.807) is 0 Å². The molecule has 1 aromatic rings. The molecule has 0 amide bonds. The lowest BCUT2D eigenvalue weighted by molar-refractivity contribution is -0.697. The molecule has 1 aliphatic rings. The van der Waals surface area contributed by atoms with Crippen LogP contribution in [0.15, 0.2) is 24.5 Å². The first-order valence-corrected chi connectivity index (χ1v) is 8.94. The molecule has 3 nitrogen and oxygen atoms in total. The molecule has 23 heavy (non-hydrogen) atoms. The third-order valence-electron chi connectivity index (χ3n) is 4.08. The fraction of sp³-hybridized carbons (Fsp3) is 0.750. The second-order valence-corrected chi connectivity index (χ2v) is 9.00. The van der Waals surface area contributed by atoms with Crippen LogP contribution in [0.1, 0.15) is 67.2 Å². The molecule has 0 radical (unpaired) electrons. The van der Waals surface area contributed by atoms with E-state index in [0.717, 1.165) is 25.1 Å². The molecule has 1 heterocycles. The monoisotopic (exact) mass is 320 g/mol. The predicted octanol–water partition coefficient (Wildman–Crippen LogP) is 4.53. The van der Waals surface area contributed by atoms with Crippen LogP contribution in [0, 0.1) is 5.41 Å². The molecular weight excluding hydrogens is 286 g/mol. The van der Waals surface area contributed by atoms with Crippen LogP contribution in [0.25, 0.3) is 0 Å². The van der Waals surface area contributed by atoms with Crippen molar-refractivity contribution in [2.75, 3.05) is 0 Å². The summed E-state index contributed by atoms with van der Waals surface area (Å²) < 4.78 is 14.2. The summed E-state index contributed by atoms with van der Waals surface area (Å²) >= 11 is 0. The Labute approximate surface area is 142 Å². The van der Waals surface area contributed by atoms with Crippen molar-refractivity contribution in [2.24, 2.45) is 5.41 Å². The molecule has 0 aromatic carbocycles. The molecule has 0 unspecified atom stereocenters. The quantitative estimate of drug-likeness (QED) is 0.719. The van der Waals surface area contributed by atoms with E-state index in [2.05, 4.69) is 70.6 Å². The highest BCUT2D eigenvalue weighted by atomic mass is 16.5. The number of aromatic nitrogens is 1. The van der Waals surface area contributed by atoms with Crippen molar-refractivity contribution in [3.05, 3.63) is 24.5 Å². The van der Waals surface area contributed by atoms with E-state index in [4.69, 9.17) is 9.47 Å². The van der Waals surface area contributed by atoms with Crippen molar-refractivity contribution in [3.63, 3.8) is 0 Å². The fourth-order valence-corrected chi connectivity index (χ4v) is 2.87. The Morgan fingerprint density at radius 3 is 2.13 bits per heavy atom. The van der Waals surface area contributed by atoms with Gasteiger partial charge in [-0.3, -0.25) is 0 Å². The van der Waals surface area contributed by atoms with Gasteiger partial charge < -0.3 is 9.47 Å². The van der Waals surface area contributed by atoms with Gasteiger partial charge in [-0.1, -0.05) is 20.8 Å². The zero-order chi connectivity index (χ0) is 17.1. The Hall–Kier alpha value is -1.09. The first kappa shape index (κ1) is 18.3. The number of pyridine rings is 1. The van der Waals surface area contributed by atoms with Gasteiger partial charge in [0.25, 0.3) is 0 Å². The van der Waals surface area contributed by atoms with Crippen molar-refractivity contribution in [1.29, 1.82) is 0 Å². The van der Waals surface area contributed by atoms with Crippen LogP contribution in [0.4, 0.5) is 0 Å². The Kier molecular flexibility index (Phi) is 5.72. The zero-order valence-corrected chi connectivity index (χ0v) is 15.8. The van der Waals surface area contributed by atoms with Crippen LogP contribution in [0.2, 0.25) is 0 Å². The molecule has 130 valence electrons. The zero-order valence-electron chi connectivity index (χ0n) is 15.8. The van der Waals surface area contributed by atoms with Crippen LogP contribution in [-0.4, -0.2) is 17.8 Å². The molecule has 3 heteroatoms. The molecule has 0 bridgehead atoms. The summed E-state index contributed by atoms with van der Waals surface area (Å²) in [4.78, 5) is 0. The molecular formula is C20H34NO2+. The third-order valence-corrected chi connectivity index (χ3v) is 4.08. The second-order valence-electron chi connectivity index (χ2n) is 9.00. The molecule has 1 aromatic heterocycles. The highest BCUT2D eigenvalue weighted by molar-refractivity contribution is 5.15. The minimum Gasteiger partial charge on any atom is -0.490 e. The van der Waals surface area contributed by atoms with Gasteiger partial charge in [0.05, 0.1) is 11.7 Å². The van der Waals surface area contributed by atoms with Crippen LogP contribution >= 0.6 is 0 Å². The van der Waals surface area contributed by atoms with Crippen LogP contribution < -0.4 is 9.30 Å². The van der Waals surface area contributed by atoms with E-state index in [0.29, 0.717) is 17.6 Å². The summed E-state index contributed by atoms with van der Waals surface area (Å²) in [6.45, 7) is 14.3. The van der Waals surface area contributed by atoms with Crippen LogP contribution in [0.3, 0.4) is 0 Å². The number of nitrogens with zero attached hydrogens (tertiary/aromatic N) is 1. The molecule has 0 aliphatic heterocycles. The van der Waals surface area contributed by atoms with Crippen LogP contribution in [-0.2, 0) is 11.3 Å². The maximum atomic E-state index is 6.02. The van der Waals surface area contributed by atoms with E-state index in [1.165, 1.54) is 12.8 Å². The first-order valence-electron chi connectivity index (χ1n) is 8.94. The third kappa shape index (κ3) is 6.90. The molecule has 2 rings (SSSR count). The summed E-state index contributed by atoms with van der Waals surface area (Å²) in [5, 5.41) is 0. The van der Waals surface area contributed by atoms with Crippen molar-refractivity contribution < 1.29 is 14.0 Å². The minimum atomic E-state index is -0.0546. The molecule has 0 spiro atoms. The van der Waals surface area contributed by atoms with Crippen molar-refractivity contribution >= 4 is 0 Å². The molecule has 1 aliphatic carbocycles. The van der Waals surface area contributed by atoms with Gasteiger partial charge in [-0.2, -0.15) is 0 Å². The van der Waals surface area contributed by atoms with Crippen molar-refractivity contribution in [2.45, 2.75) is 91.6 Å². The van der Waals surface area contributed by atoms with E-state index < -0.39 is 0 Å². The molecule has 0 atom stereocenters. The first-order chi connectivity index (χ1) is 10.6. The maximum absolute atomic E-state index is 6.02. The smallest absolute Gasteiger partial charge is 0.172 e.